The van der Waals surface area contributed by atoms with E-state index in [1.54, 1.807) is 49.9 Å². The number of rotatable bonds is 8. The van der Waals surface area contributed by atoms with E-state index in [2.05, 4.69) is 10.3 Å². The average Bonchev–Trinajstić information content (AvgIpc) is 3.41. The number of carbonyl (C=O) groups is 3. The van der Waals surface area contributed by atoms with E-state index in [0.717, 1.165) is 22.3 Å². The predicted octanol–water partition coefficient (Wildman–Crippen LogP) is 4.91. The van der Waals surface area contributed by atoms with Crippen LogP contribution in [-0.2, 0) is 32.0 Å². The van der Waals surface area contributed by atoms with Gasteiger partial charge < -0.3 is 24.5 Å². The van der Waals surface area contributed by atoms with Crippen LogP contribution in [0.1, 0.15) is 43.4 Å². The molecule has 9 heteroatoms. The second-order valence-corrected chi connectivity index (χ2v) is 10.8. The van der Waals surface area contributed by atoms with Gasteiger partial charge in [-0.15, -0.1) is 0 Å². The van der Waals surface area contributed by atoms with Crippen molar-refractivity contribution in [1.82, 2.24) is 14.9 Å². The number of pyridine rings is 1. The molecule has 0 aliphatic heterocycles. The number of aliphatic carboxylic acids is 1. The van der Waals surface area contributed by atoms with E-state index in [1.807, 2.05) is 48.5 Å². The van der Waals surface area contributed by atoms with Gasteiger partial charge in [0.15, 0.2) is 0 Å². The summed E-state index contributed by atoms with van der Waals surface area (Å²) in [7, 11) is 0. The maximum absolute atomic E-state index is 12.8. The van der Waals surface area contributed by atoms with Crippen LogP contribution in [0.15, 0.2) is 73.1 Å². The fourth-order valence-corrected chi connectivity index (χ4v) is 5.17. The maximum Gasteiger partial charge on any atom is 0.407 e. The Labute approximate surface area is 231 Å². The molecule has 206 valence electrons. The third-order valence-corrected chi connectivity index (χ3v) is 6.78. The van der Waals surface area contributed by atoms with E-state index in [4.69, 9.17) is 9.47 Å². The highest BCUT2D eigenvalue weighted by molar-refractivity contribution is 5.86. The van der Waals surface area contributed by atoms with E-state index >= 15 is 0 Å². The summed E-state index contributed by atoms with van der Waals surface area (Å²) in [5.41, 5.74) is 5.52. The molecule has 2 heterocycles. The van der Waals surface area contributed by atoms with Crippen molar-refractivity contribution in [2.24, 2.45) is 0 Å². The number of amides is 1. The standard InChI is InChI=1S/C31H31N3O6/c1-31(2,3)40-27(35)15-19-16-34(26-13-8-14-32-28(19)26)17-25(29(36)37)33-30(38)39-18-24-22-11-6-4-9-20(22)21-10-5-7-12-23(21)24/h4-14,16,24-25H,15,17-18H2,1-3H3,(H,33,38)(H,36,37). The number of esters is 1. The number of benzene rings is 2. The zero-order valence-corrected chi connectivity index (χ0v) is 22.6. The summed E-state index contributed by atoms with van der Waals surface area (Å²) in [6.45, 7) is 5.36. The van der Waals surface area contributed by atoms with Crippen LogP contribution < -0.4 is 5.32 Å². The Hall–Kier alpha value is -4.66. The third kappa shape index (κ3) is 5.68. The van der Waals surface area contributed by atoms with Crippen LogP contribution in [0.2, 0.25) is 0 Å². The second-order valence-electron chi connectivity index (χ2n) is 10.8. The Morgan fingerprint density at radius 1 is 1.00 bits per heavy atom. The molecule has 4 aromatic rings. The summed E-state index contributed by atoms with van der Waals surface area (Å²) in [4.78, 5) is 41.8. The normalized spacial score (nSPS) is 13.4. The molecule has 2 N–H and O–H groups in total. The van der Waals surface area contributed by atoms with Crippen LogP contribution in [0, 0.1) is 0 Å². The number of nitrogens with zero attached hydrogens (tertiary/aromatic N) is 2. The first-order valence-corrected chi connectivity index (χ1v) is 13.1. The molecule has 0 radical (unpaired) electrons. The van der Waals surface area contributed by atoms with Crippen molar-refractivity contribution in [2.75, 3.05) is 6.61 Å². The van der Waals surface area contributed by atoms with Gasteiger partial charge in [-0.2, -0.15) is 0 Å². The molecular formula is C31H31N3O6. The van der Waals surface area contributed by atoms with E-state index in [-0.39, 0.29) is 25.5 Å². The lowest BCUT2D eigenvalue weighted by Gasteiger charge is -2.19. The predicted molar refractivity (Wildman–Crippen MR) is 149 cm³/mol. The Balaban J connectivity index is 1.29. The lowest BCUT2D eigenvalue weighted by molar-refractivity contribution is -0.154. The van der Waals surface area contributed by atoms with Gasteiger partial charge >= 0.3 is 18.0 Å². The number of aromatic nitrogens is 2. The van der Waals surface area contributed by atoms with Gasteiger partial charge in [0.1, 0.15) is 18.2 Å². The molecule has 1 aliphatic carbocycles. The Kier molecular flexibility index (Phi) is 7.30. The summed E-state index contributed by atoms with van der Waals surface area (Å²) in [5, 5.41) is 12.4. The van der Waals surface area contributed by atoms with Crippen LogP contribution >= 0.6 is 0 Å². The first-order chi connectivity index (χ1) is 19.1. The summed E-state index contributed by atoms with van der Waals surface area (Å²) >= 11 is 0. The molecule has 0 saturated carbocycles. The van der Waals surface area contributed by atoms with Gasteiger partial charge in [-0.1, -0.05) is 48.5 Å². The lowest BCUT2D eigenvalue weighted by atomic mass is 9.98. The molecule has 1 unspecified atom stereocenters. The van der Waals surface area contributed by atoms with E-state index in [0.29, 0.717) is 16.6 Å². The summed E-state index contributed by atoms with van der Waals surface area (Å²) in [5.74, 6) is -1.77. The summed E-state index contributed by atoms with van der Waals surface area (Å²) in [6, 6.07) is 18.2. The molecule has 5 rings (SSSR count). The van der Waals surface area contributed by atoms with Crippen molar-refractivity contribution in [3.05, 3.63) is 89.7 Å². The SMILES string of the molecule is CC(C)(C)OC(=O)Cc1cn(CC(NC(=O)OCC2c3ccccc3-c3ccccc32)C(=O)O)c2cccnc12. The van der Waals surface area contributed by atoms with Gasteiger partial charge in [0, 0.05) is 23.9 Å². The molecule has 9 nitrogen and oxygen atoms in total. The minimum absolute atomic E-state index is 0.0185. The minimum Gasteiger partial charge on any atom is -0.480 e. The van der Waals surface area contributed by atoms with Gasteiger partial charge in [-0.05, 0) is 55.2 Å². The second kappa shape index (κ2) is 10.8. The zero-order chi connectivity index (χ0) is 28.4. The van der Waals surface area contributed by atoms with Crippen LogP contribution in [0.5, 0.6) is 0 Å². The van der Waals surface area contributed by atoms with Crippen molar-refractivity contribution in [3.63, 3.8) is 0 Å². The van der Waals surface area contributed by atoms with Crippen LogP contribution in [-0.4, -0.2) is 50.9 Å². The van der Waals surface area contributed by atoms with Crippen molar-refractivity contribution in [1.29, 1.82) is 0 Å². The first-order valence-electron chi connectivity index (χ1n) is 13.1. The van der Waals surface area contributed by atoms with E-state index < -0.39 is 29.7 Å². The smallest absolute Gasteiger partial charge is 0.407 e. The number of hydrogen-bond acceptors (Lipinski definition) is 6. The van der Waals surface area contributed by atoms with E-state index in [9.17, 15) is 19.5 Å². The fraction of sp³-hybridized carbons (Fsp3) is 0.290. The molecule has 1 amide bonds. The molecule has 0 spiro atoms. The quantitative estimate of drug-likeness (QED) is 0.304. The molecule has 1 aliphatic rings. The number of fused-ring (bicyclic) bond motifs is 4. The number of nitrogens with one attached hydrogen (secondary N) is 1. The van der Waals surface area contributed by atoms with Gasteiger partial charge in [0.25, 0.3) is 0 Å². The number of alkyl carbamates (subject to hydrolysis) is 1. The van der Waals surface area contributed by atoms with Crippen molar-refractivity contribution in [2.45, 2.75) is 51.3 Å². The molecule has 40 heavy (non-hydrogen) atoms. The van der Waals surface area contributed by atoms with Gasteiger partial charge in [-0.25, -0.2) is 9.59 Å². The number of hydrogen-bond donors (Lipinski definition) is 2. The van der Waals surface area contributed by atoms with Gasteiger partial charge in [-0.3, -0.25) is 9.78 Å². The molecule has 0 fully saturated rings. The van der Waals surface area contributed by atoms with Crippen molar-refractivity contribution < 1.29 is 29.0 Å². The van der Waals surface area contributed by atoms with Crippen LogP contribution in [0.25, 0.3) is 22.2 Å². The molecule has 0 saturated heterocycles. The van der Waals surface area contributed by atoms with Gasteiger partial charge in [0.05, 0.1) is 24.0 Å². The molecular weight excluding hydrogens is 510 g/mol. The Morgan fingerprint density at radius 2 is 1.65 bits per heavy atom. The number of carboxylic acids is 1. The third-order valence-electron chi connectivity index (χ3n) is 6.78. The van der Waals surface area contributed by atoms with Gasteiger partial charge in [0.2, 0.25) is 0 Å². The lowest BCUT2D eigenvalue weighted by Crippen LogP contribution is -2.44. The fourth-order valence-electron chi connectivity index (χ4n) is 5.17. The molecule has 1 atom stereocenters. The highest BCUT2D eigenvalue weighted by Gasteiger charge is 2.30. The highest BCUT2D eigenvalue weighted by atomic mass is 16.6. The van der Waals surface area contributed by atoms with Crippen LogP contribution in [0.3, 0.4) is 0 Å². The van der Waals surface area contributed by atoms with Crippen molar-refractivity contribution in [3.8, 4) is 11.1 Å². The zero-order valence-electron chi connectivity index (χ0n) is 22.6. The number of carboxylic acid groups (broad SMARTS) is 1. The Morgan fingerprint density at radius 3 is 2.27 bits per heavy atom. The monoisotopic (exact) mass is 541 g/mol. The highest BCUT2D eigenvalue weighted by Crippen LogP contribution is 2.44. The van der Waals surface area contributed by atoms with E-state index in [1.165, 1.54) is 0 Å². The Bertz CT molecular complexity index is 1540. The molecule has 2 aromatic carbocycles. The summed E-state index contributed by atoms with van der Waals surface area (Å²) < 4.78 is 12.7. The minimum atomic E-state index is -1.28. The number of ether oxygens (including phenoxy) is 2. The number of carbonyl (C=O) groups excluding carboxylic acids is 2. The first kappa shape index (κ1) is 26.9. The average molecular weight is 542 g/mol. The largest absolute Gasteiger partial charge is 0.480 e. The van der Waals surface area contributed by atoms with Crippen LogP contribution in [0.4, 0.5) is 4.79 Å². The molecule has 0 bridgehead atoms. The van der Waals surface area contributed by atoms with Crippen molar-refractivity contribution >= 4 is 29.1 Å². The summed E-state index contributed by atoms with van der Waals surface area (Å²) in [6.07, 6.45) is 2.44. The molecule has 2 aromatic heterocycles. The topological polar surface area (TPSA) is 120 Å². The maximum atomic E-state index is 12.8.